The Balaban J connectivity index is 1.92. The normalized spacial score (nSPS) is 40.4. The fourth-order valence-electron chi connectivity index (χ4n) is 4.23. The molecule has 0 aliphatic heterocycles. The van der Waals surface area contributed by atoms with Gasteiger partial charge < -0.3 is 0 Å². The van der Waals surface area contributed by atoms with E-state index in [-0.39, 0.29) is 4.75 Å². The predicted octanol–water partition coefficient (Wildman–Crippen LogP) is 4.04. The monoisotopic (exact) mass is 250 g/mol. The molecule has 1 nitrogen and oxygen atoms in total. The lowest BCUT2D eigenvalue weighted by atomic mass is 9.79. The van der Waals surface area contributed by atoms with Crippen molar-refractivity contribution in [1.82, 2.24) is 0 Å². The molecule has 0 amide bonds. The van der Waals surface area contributed by atoms with Crippen LogP contribution in [-0.4, -0.2) is 10.5 Å². The van der Waals surface area contributed by atoms with E-state index >= 15 is 0 Å². The molecular weight excluding hydrogens is 228 g/mol. The lowest BCUT2D eigenvalue weighted by Gasteiger charge is -2.24. The van der Waals surface area contributed by atoms with Gasteiger partial charge in [-0.05, 0) is 43.9 Å². The summed E-state index contributed by atoms with van der Waals surface area (Å²) in [7, 11) is 0. The minimum Gasteiger partial charge on any atom is -0.293 e. The Kier molecular flexibility index (Phi) is 2.52. The first-order chi connectivity index (χ1) is 7.88. The van der Waals surface area contributed by atoms with Gasteiger partial charge in [-0.2, -0.15) is 0 Å². The molecule has 0 radical (unpaired) electrons. The standard InChI is InChI=1S/C15H22OS/c1-8-11-9-5-6-10(7-9)12(11)13(16)14(8)17-15(2,3)4/h9-12H,5-7H2,1-4H3. The first-order valence-electron chi connectivity index (χ1n) is 6.82. The molecule has 0 saturated heterocycles. The van der Waals surface area contributed by atoms with Crippen LogP contribution in [0, 0.1) is 23.7 Å². The molecule has 0 N–H and O–H groups in total. The minimum atomic E-state index is 0.157. The zero-order valence-corrected chi connectivity index (χ0v) is 12.1. The average molecular weight is 250 g/mol. The number of allylic oxidation sites excluding steroid dienone is 2. The van der Waals surface area contributed by atoms with Crippen LogP contribution >= 0.6 is 11.8 Å². The number of fused-ring (bicyclic) bond motifs is 5. The molecule has 0 heterocycles. The Hall–Kier alpha value is -0.240. The van der Waals surface area contributed by atoms with E-state index in [4.69, 9.17) is 0 Å². The molecule has 94 valence electrons. The van der Waals surface area contributed by atoms with Crippen LogP contribution in [0.2, 0.25) is 0 Å². The van der Waals surface area contributed by atoms with Crippen LogP contribution in [0.3, 0.4) is 0 Å². The number of hydrogen-bond acceptors (Lipinski definition) is 2. The second-order valence-electron chi connectivity index (χ2n) is 6.98. The van der Waals surface area contributed by atoms with E-state index < -0.39 is 0 Å². The van der Waals surface area contributed by atoms with Crippen molar-refractivity contribution in [2.45, 2.75) is 51.7 Å². The quantitative estimate of drug-likeness (QED) is 0.698. The van der Waals surface area contributed by atoms with Gasteiger partial charge in [0.2, 0.25) is 0 Å². The van der Waals surface area contributed by atoms with Gasteiger partial charge in [0.1, 0.15) is 0 Å². The second kappa shape index (κ2) is 3.63. The van der Waals surface area contributed by atoms with Gasteiger partial charge >= 0.3 is 0 Å². The Morgan fingerprint density at radius 3 is 2.24 bits per heavy atom. The molecule has 0 aromatic carbocycles. The number of ketones is 1. The van der Waals surface area contributed by atoms with Crippen LogP contribution in [0.25, 0.3) is 0 Å². The largest absolute Gasteiger partial charge is 0.293 e. The maximum Gasteiger partial charge on any atom is 0.173 e. The maximum atomic E-state index is 12.6. The summed E-state index contributed by atoms with van der Waals surface area (Å²) in [5.74, 6) is 3.02. The molecule has 0 spiro atoms. The molecule has 3 aliphatic carbocycles. The Bertz CT molecular complexity index is 402. The molecule has 2 saturated carbocycles. The topological polar surface area (TPSA) is 17.1 Å². The van der Waals surface area contributed by atoms with Crippen LogP contribution in [0.4, 0.5) is 0 Å². The highest BCUT2D eigenvalue weighted by Gasteiger charge is 2.56. The van der Waals surface area contributed by atoms with Crippen LogP contribution in [0.5, 0.6) is 0 Å². The molecule has 2 heteroatoms. The highest BCUT2D eigenvalue weighted by molar-refractivity contribution is 8.05. The minimum absolute atomic E-state index is 0.157. The van der Waals surface area contributed by atoms with Crippen molar-refractivity contribution >= 4 is 17.5 Å². The van der Waals surface area contributed by atoms with Crippen molar-refractivity contribution in [2.75, 3.05) is 0 Å². The summed E-state index contributed by atoms with van der Waals surface area (Å²) < 4.78 is 0.157. The number of carbonyl (C=O) groups is 1. The summed E-state index contributed by atoms with van der Waals surface area (Å²) in [5, 5.41) is 0. The third-order valence-corrected chi connectivity index (χ3v) is 6.05. The number of rotatable bonds is 1. The molecular formula is C15H22OS. The van der Waals surface area contributed by atoms with Crippen LogP contribution in [0.15, 0.2) is 10.5 Å². The zero-order valence-electron chi connectivity index (χ0n) is 11.2. The first-order valence-corrected chi connectivity index (χ1v) is 7.64. The smallest absolute Gasteiger partial charge is 0.173 e. The summed E-state index contributed by atoms with van der Waals surface area (Å²) in [6, 6.07) is 0. The van der Waals surface area contributed by atoms with Crippen molar-refractivity contribution in [1.29, 1.82) is 0 Å². The summed E-state index contributed by atoms with van der Waals surface area (Å²) in [4.78, 5) is 13.7. The van der Waals surface area contributed by atoms with E-state index in [2.05, 4.69) is 27.7 Å². The molecule has 17 heavy (non-hydrogen) atoms. The lowest BCUT2D eigenvalue weighted by molar-refractivity contribution is -0.119. The maximum absolute atomic E-state index is 12.6. The molecule has 2 bridgehead atoms. The Labute approximate surface area is 108 Å². The van der Waals surface area contributed by atoms with E-state index in [1.165, 1.54) is 24.8 Å². The summed E-state index contributed by atoms with van der Waals surface area (Å²) in [5.41, 5.74) is 1.42. The van der Waals surface area contributed by atoms with E-state index in [1.807, 2.05) is 0 Å². The number of hydrogen-bond donors (Lipinski definition) is 0. The van der Waals surface area contributed by atoms with Gasteiger partial charge in [0, 0.05) is 10.7 Å². The molecule has 2 fully saturated rings. The van der Waals surface area contributed by atoms with Crippen LogP contribution in [0.1, 0.15) is 47.0 Å². The van der Waals surface area contributed by atoms with Crippen molar-refractivity contribution in [3.05, 3.63) is 10.5 Å². The van der Waals surface area contributed by atoms with E-state index in [0.29, 0.717) is 23.5 Å². The van der Waals surface area contributed by atoms with Crippen LogP contribution in [-0.2, 0) is 4.79 Å². The molecule has 4 atom stereocenters. The van der Waals surface area contributed by atoms with Gasteiger partial charge in [0.05, 0.1) is 4.91 Å². The molecule has 0 aromatic rings. The summed E-state index contributed by atoms with van der Waals surface area (Å²) in [6.07, 6.45) is 3.99. The third-order valence-electron chi connectivity index (χ3n) is 4.71. The van der Waals surface area contributed by atoms with Gasteiger partial charge in [-0.3, -0.25) is 4.79 Å². The van der Waals surface area contributed by atoms with E-state index in [0.717, 1.165) is 10.8 Å². The van der Waals surface area contributed by atoms with E-state index in [9.17, 15) is 4.79 Å². The average Bonchev–Trinajstić information content (AvgIpc) is 2.86. The van der Waals surface area contributed by atoms with E-state index in [1.54, 1.807) is 11.8 Å². The summed E-state index contributed by atoms with van der Waals surface area (Å²) >= 11 is 1.80. The van der Waals surface area contributed by atoms with Crippen LogP contribution < -0.4 is 0 Å². The number of carbonyl (C=O) groups excluding carboxylic acids is 1. The number of Topliss-reactive ketones (excluding diaryl/α,β-unsaturated/α-hetero) is 1. The highest BCUT2D eigenvalue weighted by atomic mass is 32.2. The fraction of sp³-hybridized carbons (Fsp3) is 0.800. The van der Waals surface area contributed by atoms with Gasteiger partial charge in [-0.15, -0.1) is 11.8 Å². The van der Waals surface area contributed by atoms with Gasteiger partial charge in [0.15, 0.2) is 5.78 Å². The second-order valence-corrected chi connectivity index (χ2v) is 8.81. The SMILES string of the molecule is CC1=C(SC(C)(C)C)C(=O)C2C3CCC(C3)C12. The molecule has 3 rings (SSSR count). The van der Waals surface area contributed by atoms with Crippen molar-refractivity contribution in [2.24, 2.45) is 23.7 Å². The van der Waals surface area contributed by atoms with Crippen molar-refractivity contribution in [3.63, 3.8) is 0 Å². The molecule has 0 aromatic heterocycles. The zero-order chi connectivity index (χ0) is 12.4. The number of thioether (sulfide) groups is 1. The third kappa shape index (κ3) is 1.71. The highest BCUT2D eigenvalue weighted by Crippen LogP contribution is 2.60. The molecule has 3 aliphatic rings. The van der Waals surface area contributed by atoms with Gasteiger partial charge in [-0.25, -0.2) is 0 Å². The Morgan fingerprint density at radius 2 is 1.71 bits per heavy atom. The lowest BCUT2D eigenvalue weighted by Crippen LogP contribution is -2.24. The van der Waals surface area contributed by atoms with Crippen molar-refractivity contribution in [3.8, 4) is 0 Å². The van der Waals surface area contributed by atoms with Gasteiger partial charge in [0.25, 0.3) is 0 Å². The summed E-state index contributed by atoms with van der Waals surface area (Å²) in [6.45, 7) is 8.83. The predicted molar refractivity (Wildman–Crippen MR) is 72.9 cm³/mol. The molecule has 4 unspecified atom stereocenters. The first kappa shape index (κ1) is 11.8. The van der Waals surface area contributed by atoms with Crippen molar-refractivity contribution < 1.29 is 4.79 Å². The van der Waals surface area contributed by atoms with Gasteiger partial charge in [-0.1, -0.05) is 26.3 Å². The Morgan fingerprint density at radius 1 is 1.12 bits per heavy atom. The fourth-order valence-corrected chi connectivity index (χ4v) is 5.37.